The molecule has 3 nitrogen and oxygen atoms in total. The van der Waals surface area contributed by atoms with Gasteiger partial charge in [-0.2, -0.15) is 0 Å². The summed E-state index contributed by atoms with van der Waals surface area (Å²) in [5.74, 6) is 1.77. The Morgan fingerprint density at radius 1 is 0.864 bits per heavy atom. The molecule has 0 spiro atoms. The first-order chi connectivity index (χ1) is 10.5. The van der Waals surface area contributed by atoms with Gasteiger partial charge < -0.3 is 15.2 Å². The molecule has 0 aliphatic rings. The third-order valence-corrected chi connectivity index (χ3v) is 3.46. The van der Waals surface area contributed by atoms with Crippen molar-refractivity contribution >= 4 is 0 Å². The fourth-order valence-electron chi connectivity index (χ4n) is 2.25. The van der Waals surface area contributed by atoms with E-state index in [1.807, 2.05) is 42.5 Å². The molecule has 0 fully saturated rings. The van der Waals surface area contributed by atoms with Crippen LogP contribution in [0.1, 0.15) is 31.9 Å². The summed E-state index contributed by atoms with van der Waals surface area (Å²) in [7, 11) is 0. The van der Waals surface area contributed by atoms with Gasteiger partial charge in [-0.15, -0.1) is 0 Å². The van der Waals surface area contributed by atoms with Gasteiger partial charge in [0.15, 0.2) is 0 Å². The van der Waals surface area contributed by atoms with Crippen molar-refractivity contribution in [2.24, 2.45) is 5.73 Å². The zero-order valence-corrected chi connectivity index (χ0v) is 13.6. The Morgan fingerprint density at radius 2 is 1.50 bits per heavy atom. The van der Waals surface area contributed by atoms with Crippen LogP contribution in [0.3, 0.4) is 0 Å². The quantitative estimate of drug-likeness (QED) is 0.823. The predicted octanol–water partition coefficient (Wildman–Crippen LogP) is 3.90. The standard InChI is InChI=1S/C19H25NO2/c1-19(2,3)17-6-4-5-7-18(17)22-13-12-21-16-10-8-15(14-20)9-11-16/h4-11H,12-14,20H2,1-3H3. The van der Waals surface area contributed by atoms with Crippen LogP contribution in [0.5, 0.6) is 11.5 Å². The maximum absolute atomic E-state index is 5.89. The number of hydrogen-bond donors (Lipinski definition) is 1. The highest BCUT2D eigenvalue weighted by atomic mass is 16.5. The number of rotatable bonds is 6. The van der Waals surface area contributed by atoms with Crippen LogP contribution in [-0.2, 0) is 12.0 Å². The molecule has 0 saturated carbocycles. The molecule has 0 unspecified atom stereocenters. The zero-order chi connectivity index (χ0) is 16.0. The van der Waals surface area contributed by atoms with Gasteiger partial charge in [0.2, 0.25) is 0 Å². The monoisotopic (exact) mass is 299 g/mol. The fourth-order valence-corrected chi connectivity index (χ4v) is 2.25. The fraction of sp³-hybridized carbons (Fsp3) is 0.368. The Bertz CT molecular complexity index is 585. The van der Waals surface area contributed by atoms with Gasteiger partial charge in [-0.3, -0.25) is 0 Å². The molecule has 0 saturated heterocycles. The molecule has 0 aliphatic heterocycles. The van der Waals surface area contributed by atoms with E-state index >= 15 is 0 Å². The first-order valence-corrected chi connectivity index (χ1v) is 7.65. The largest absolute Gasteiger partial charge is 0.490 e. The predicted molar refractivity (Wildman–Crippen MR) is 90.5 cm³/mol. The minimum absolute atomic E-state index is 0.0650. The van der Waals surface area contributed by atoms with E-state index in [4.69, 9.17) is 15.2 Å². The summed E-state index contributed by atoms with van der Waals surface area (Å²) in [4.78, 5) is 0. The summed E-state index contributed by atoms with van der Waals surface area (Å²) in [6.45, 7) is 8.14. The molecule has 118 valence electrons. The Balaban J connectivity index is 1.86. The van der Waals surface area contributed by atoms with E-state index in [0.717, 1.165) is 17.1 Å². The first-order valence-electron chi connectivity index (χ1n) is 7.65. The molecule has 2 aromatic rings. The Labute approximate surface area is 133 Å². The van der Waals surface area contributed by atoms with Crippen molar-refractivity contribution in [3.8, 4) is 11.5 Å². The Morgan fingerprint density at radius 3 is 2.14 bits per heavy atom. The minimum Gasteiger partial charge on any atom is -0.490 e. The highest BCUT2D eigenvalue weighted by Gasteiger charge is 2.18. The van der Waals surface area contributed by atoms with E-state index in [-0.39, 0.29) is 5.41 Å². The van der Waals surface area contributed by atoms with E-state index in [2.05, 4.69) is 26.8 Å². The number of ether oxygens (including phenoxy) is 2. The smallest absolute Gasteiger partial charge is 0.123 e. The molecule has 2 N–H and O–H groups in total. The molecule has 0 heterocycles. The molecular formula is C19H25NO2. The summed E-state index contributed by atoms with van der Waals surface area (Å²) >= 11 is 0. The van der Waals surface area contributed by atoms with Gasteiger partial charge in [0.1, 0.15) is 24.7 Å². The summed E-state index contributed by atoms with van der Waals surface area (Å²) < 4.78 is 11.6. The van der Waals surface area contributed by atoms with Crippen LogP contribution < -0.4 is 15.2 Å². The third-order valence-electron chi connectivity index (χ3n) is 3.46. The maximum Gasteiger partial charge on any atom is 0.123 e. The van der Waals surface area contributed by atoms with Crippen molar-refractivity contribution in [1.82, 2.24) is 0 Å². The van der Waals surface area contributed by atoms with Gasteiger partial charge in [-0.25, -0.2) is 0 Å². The number of nitrogens with two attached hydrogens (primary N) is 1. The van der Waals surface area contributed by atoms with Crippen LogP contribution in [0.15, 0.2) is 48.5 Å². The van der Waals surface area contributed by atoms with Gasteiger partial charge in [-0.1, -0.05) is 51.1 Å². The van der Waals surface area contributed by atoms with Crippen LogP contribution >= 0.6 is 0 Å². The molecule has 22 heavy (non-hydrogen) atoms. The second-order valence-corrected chi connectivity index (χ2v) is 6.29. The number of benzene rings is 2. The summed E-state index contributed by atoms with van der Waals surface area (Å²) in [5, 5.41) is 0. The van der Waals surface area contributed by atoms with E-state index in [1.54, 1.807) is 0 Å². The molecule has 0 radical (unpaired) electrons. The van der Waals surface area contributed by atoms with Crippen LogP contribution in [0.2, 0.25) is 0 Å². The number of hydrogen-bond acceptors (Lipinski definition) is 3. The minimum atomic E-state index is 0.0650. The topological polar surface area (TPSA) is 44.5 Å². The van der Waals surface area contributed by atoms with Crippen LogP contribution in [-0.4, -0.2) is 13.2 Å². The highest BCUT2D eigenvalue weighted by Crippen LogP contribution is 2.30. The average Bonchev–Trinajstić information content (AvgIpc) is 2.51. The van der Waals surface area contributed by atoms with E-state index < -0.39 is 0 Å². The Hall–Kier alpha value is -2.00. The molecule has 3 heteroatoms. The molecule has 0 atom stereocenters. The maximum atomic E-state index is 5.89. The second-order valence-electron chi connectivity index (χ2n) is 6.29. The molecule has 0 aliphatic carbocycles. The lowest BCUT2D eigenvalue weighted by Crippen LogP contribution is -2.15. The van der Waals surface area contributed by atoms with E-state index in [9.17, 15) is 0 Å². The summed E-state index contributed by atoms with van der Waals surface area (Å²) in [6.07, 6.45) is 0. The van der Waals surface area contributed by atoms with Crippen molar-refractivity contribution in [1.29, 1.82) is 0 Å². The Kier molecular flexibility index (Phi) is 5.45. The van der Waals surface area contributed by atoms with Crippen LogP contribution in [0.4, 0.5) is 0 Å². The van der Waals surface area contributed by atoms with E-state index in [1.165, 1.54) is 5.56 Å². The molecule has 0 bridgehead atoms. The zero-order valence-electron chi connectivity index (χ0n) is 13.6. The van der Waals surface area contributed by atoms with Crippen molar-refractivity contribution in [2.75, 3.05) is 13.2 Å². The normalized spacial score (nSPS) is 11.3. The molecular weight excluding hydrogens is 274 g/mol. The van der Waals surface area contributed by atoms with Crippen molar-refractivity contribution in [3.05, 3.63) is 59.7 Å². The van der Waals surface area contributed by atoms with Crippen molar-refractivity contribution in [3.63, 3.8) is 0 Å². The number of para-hydroxylation sites is 1. The van der Waals surface area contributed by atoms with Gasteiger partial charge in [0.05, 0.1) is 0 Å². The summed E-state index contributed by atoms with van der Waals surface area (Å²) in [6, 6.07) is 16.0. The lowest BCUT2D eigenvalue weighted by atomic mass is 9.86. The van der Waals surface area contributed by atoms with Crippen molar-refractivity contribution in [2.45, 2.75) is 32.7 Å². The van der Waals surface area contributed by atoms with Crippen molar-refractivity contribution < 1.29 is 9.47 Å². The van der Waals surface area contributed by atoms with Gasteiger partial charge in [0, 0.05) is 6.54 Å². The van der Waals surface area contributed by atoms with E-state index in [0.29, 0.717) is 19.8 Å². The average molecular weight is 299 g/mol. The van der Waals surface area contributed by atoms with Crippen LogP contribution in [0.25, 0.3) is 0 Å². The van der Waals surface area contributed by atoms with Crippen LogP contribution in [0, 0.1) is 0 Å². The SMILES string of the molecule is CC(C)(C)c1ccccc1OCCOc1ccc(CN)cc1. The summed E-state index contributed by atoms with van der Waals surface area (Å²) in [5.41, 5.74) is 7.95. The van der Waals surface area contributed by atoms with Gasteiger partial charge in [0.25, 0.3) is 0 Å². The second kappa shape index (κ2) is 7.32. The van der Waals surface area contributed by atoms with Gasteiger partial charge in [-0.05, 0) is 34.7 Å². The first kappa shape index (κ1) is 16.4. The third kappa shape index (κ3) is 4.50. The molecule has 2 rings (SSSR count). The molecule has 0 aromatic heterocycles. The molecule has 2 aromatic carbocycles. The lowest BCUT2D eigenvalue weighted by Gasteiger charge is -2.22. The molecule has 0 amide bonds. The lowest BCUT2D eigenvalue weighted by molar-refractivity contribution is 0.214. The van der Waals surface area contributed by atoms with Gasteiger partial charge >= 0.3 is 0 Å². The highest BCUT2D eigenvalue weighted by molar-refractivity contribution is 5.38.